The molecule has 2 saturated heterocycles. The number of amides is 1. The predicted octanol–water partition coefficient (Wildman–Crippen LogP) is 2.98. The number of benzene rings is 1. The van der Waals surface area contributed by atoms with Crippen molar-refractivity contribution in [3.8, 4) is 0 Å². The Kier molecular flexibility index (Phi) is 5.36. The van der Waals surface area contributed by atoms with Gasteiger partial charge in [-0.1, -0.05) is 0 Å². The van der Waals surface area contributed by atoms with Crippen LogP contribution in [0.2, 0.25) is 0 Å². The normalized spacial score (nSPS) is 18.3. The van der Waals surface area contributed by atoms with E-state index in [1.165, 1.54) is 18.9 Å². The van der Waals surface area contributed by atoms with E-state index in [1.807, 2.05) is 0 Å². The summed E-state index contributed by atoms with van der Waals surface area (Å²) in [5.74, 6) is -1.88. The van der Waals surface area contributed by atoms with Gasteiger partial charge >= 0.3 is 0 Å². The highest BCUT2D eigenvalue weighted by Crippen LogP contribution is 2.24. The summed E-state index contributed by atoms with van der Waals surface area (Å²) in [6, 6.07) is 3.08. The van der Waals surface area contributed by atoms with Crippen LogP contribution in [0.5, 0.6) is 0 Å². The first-order valence-electron chi connectivity index (χ1n) is 9.26. The maximum atomic E-state index is 13.9. The molecule has 1 amide bonds. The van der Waals surface area contributed by atoms with Crippen LogP contribution in [-0.4, -0.2) is 60.0 Å². The van der Waals surface area contributed by atoms with Crippen molar-refractivity contribution in [2.24, 2.45) is 0 Å². The largest absolute Gasteiger partial charge is 0.345 e. The monoisotopic (exact) mass is 392 g/mol. The third-order valence-corrected chi connectivity index (χ3v) is 6.07. The highest BCUT2D eigenvalue weighted by molar-refractivity contribution is 7.13. The molecule has 8 heteroatoms. The summed E-state index contributed by atoms with van der Waals surface area (Å²) >= 11 is 1.63. The number of rotatable bonds is 4. The first-order valence-corrected chi connectivity index (χ1v) is 10.1. The standard InChI is InChI=1S/C19H22F2N4OS/c20-14-3-4-16(17(21)11-14)18(26)24-7-9-25(10-8-24)19-22-15(13-27-19)12-23-5-1-2-6-23/h3-4,11,13H,1-2,5-10,12H2. The number of carbonyl (C=O) groups excluding carboxylic acids is 1. The summed E-state index contributed by atoms with van der Waals surface area (Å²) in [5.41, 5.74) is 1.02. The van der Waals surface area contributed by atoms with Crippen LogP contribution in [0.15, 0.2) is 23.6 Å². The van der Waals surface area contributed by atoms with E-state index in [-0.39, 0.29) is 11.5 Å². The first-order chi connectivity index (χ1) is 13.1. The van der Waals surface area contributed by atoms with Gasteiger partial charge in [0.1, 0.15) is 11.6 Å². The lowest BCUT2D eigenvalue weighted by Crippen LogP contribution is -2.49. The van der Waals surface area contributed by atoms with Crippen molar-refractivity contribution in [3.63, 3.8) is 0 Å². The molecule has 2 aliphatic heterocycles. The van der Waals surface area contributed by atoms with E-state index in [9.17, 15) is 13.6 Å². The molecule has 1 aromatic heterocycles. The molecule has 5 nitrogen and oxygen atoms in total. The SMILES string of the molecule is O=C(c1ccc(F)cc1F)N1CCN(c2nc(CN3CCCC3)cs2)CC1. The van der Waals surface area contributed by atoms with Crippen LogP contribution < -0.4 is 4.90 Å². The van der Waals surface area contributed by atoms with Crippen molar-refractivity contribution in [3.05, 3.63) is 46.5 Å². The number of carbonyl (C=O) groups is 1. The van der Waals surface area contributed by atoms with E-state index in [4.69, 9.17) is 4.98 Å². The Morgan fingerprint density at radius 2 is 1.81 bits per heavy atom. The fourth-order valence-corrected chi connectivity index (χ4v) is 4.49. The van der Waals surface area contributed by atoms with Crippen molar-refractivity contribution in [2.75, 3.05) is 44.2 Å². The Morgan fingerprint density at radius 3 is 2.52 bits per heavy atom. The van der Waals surface area contributed by atoms with Crippen LogP contribution in [0, 0.1) is 11.6 Å². The maximum absolute atomic E-state index is 13.9. The van der Waals surface area contributed by atoms with E-state index in [2.05, 4.69) is 15.2 Å². The van der Waals surface area contributed by atoms with E-state index in [0.717, 1.165) is 42.6 Å². The third-order valence-electron chi connectivity index (χ3n) is 5.12. The molecular weight excluding hydrogens is 370 g/mol. The van der Waals surface area contributed by atoms with E-state index >= 15 is 0 Å². The number of halogens is 2. The number of aromatic nitrogens is 1. The maximum Gasteiger partial charge on any atom is 0.256 e. The zero-order valence-electron chi connectivity index (χ0n) is 15.0. The first kappa shape index (κ1) is 18.3. The van der Waals surface area contributed by atoms with Crippen LogP contribution in [0.25, 0.3) is 0 Å². The lowest BCUT2D eigenvalue weighted by molar-refractivity contribution is 0.0742. The van der Waals surface area contributed by atoms with Crippen LogP contribution in [0.4, 0.5) is 13.9 Å². The van der Waals surface area contributed by atoms with Crippen molar-refractivity contribution in [1.29, 1.82) is 0 Å². The van der Waals surface area contributed by atoms with Crippen molar-refractivity contribution in [2.45, 2.75) is 19.4 Å². The molecule has 0 unspecified atom stereocenters. The van der Waals surface area contributed by atoms with Gasteiger partial charge in [0.15, 0.2) is 5.13 Å². The molecule has 2 aliphatic rings. The van der Waals surface area contributed by atoms with Gasteiger partial charge in [-0.15, -0.1) is 11.3 Å². The molecular formula is C19H22F2N4OS. The third kappa shape index (κ3) is 4.11. The van der Waals surface area contributed by atoms with Crippen LogP contribution in [-0.2, 0) is 6.54 Å². The number of likely N-dealkylation sites (tertiary alicyclic amines) is 1. The topological polar surface area (TPSA) is 39.7 Å². The molecule has 0 atom stereocenters. The van der Waals surface area contributed by atoms with Crippen molar-refractivity contribution < 1.29 is 13.6 Å². The van der Waals surface area contributed by atoms with Gasteiger partial charge in [0.25, 0.3) is 5.91 Å². The molecule has 0 saturated carbocycles. The van der Waals surface area contributed by atoms with Gasteiger partial charge < -0.3 is 9.80 Å². The van der Waals surface area contributed by atoms with Gasteiger partial charge in [-0.05, 0) is 38.1 Å². The van der Waals surface area contributed by atoms with Gasteiger partial charge in [0.05, 0.1) is 11.3 Å². The van der Waals surface area contributed by atoms with E-state index in [0.29, 0.717) is 26.2 Å². The average molecular weight is 392 g/mol. The van der Waals surface area contributed by atoms with E-state index < -0.39 is 11.6 Å². The number of hydrogen-bond acceptors (Lipinski definition) is 5. The second-order valence-electron chi connectivity index (χ2n) is 7.01. The minimum absolute atomic E-state index is 0.0769. The summed E-state index contributed by atoms with van der Waals surface area (Å²) in [4.78, 5) is 23.5. The quantitative estimate of drug-likeness (QED) is 0.802. The molecule has 0 N–H and O–H groups in total. The predicted molar refractivity (Wildman–Crippen MR) is 101 cm³/mol. The molecule has 27 heavy (non-hydrogen) atoms. The molecule has 2 fully saturated rings. The zero-order valence-corrected chi connectivity index (χ0v) is 15.9. The van der Waals surface area contributed by atoms with Gasteiger partial charge in [-0.3, -0.25) is 9.69 Å². The van der Waals surface area contributed by atoms with Gasteiger partial charge in [0.2, 0.25) is 0 Å². The number of hydrogen-bond donors (Lipinski definition) is 0. The molecule has 0 aliphatic carbocycles. The molecule has 3 heterocycles. The highest BCUT2D eigenvalue weighted by atomic mass is 32.1. The van der Waals surface area contributed by atoms with Gasteiger partial charge in [-0.2, -0.15) is 0 Å². The van der Waals surface area contributed by atoms with Crippen molar-refractivity contribution >= 4 is 22.4 Å². The average Bonchev–Trinajstić information content (AvgIpc) is 3.34. The van der Waals surface area contributed by atoms with Crippen LogP contribution >= 0.6 is 11.3 Å². The molecule has 144 valence electrons. The van der Waals surface area contributed by atoms with Crippen LogP contribution in [0.3, 0.4) is 0 Å². The van der Waals surface area contributed by atoms with Gasteiger partial charge in [0, 0.05) is 44.2 Å². The number of thiazole rings is 1. The summed E-state index contributed by atoms with van der Waals surface area (Å²) in [7, 11) is 0. The summed E-state index contributed by atoms with van der Waals surface area (Å²) in [6.45, 7) is 5.50. The second-order valence-corrected chi connectivity index (χ2v) is 7.84. The molecule has 1 aromatic carbocycles. The van der Waals surface area contributed by atoms with Gasteiger partial charge in [-0.25, -0.2) is 13.8 Å². The summed E-state index contributed by atoms with van der Waals surface area (Å²) < 4.78 is 26.9. The number of nitrogens with zero attached hydrogens (tertiary/aromatic N) is 4. The zero-order chi connectivity index (χ0) is 18.8. The minimum Gasteiger partial charge on any atom is -0.345 e. The summed E-state index contributed by atoms with van der Waals surface area (Å²) in [5, 5.41) is 3.09. The Morgan fingerprint density at radius 1 is 1.07 bits per heavy atom. The molecule has 2 aromatic rings. The molecule has 4 rings (SSSR count). The Hall–Kier alpha value is -2.06. The number of anilines is 1. The van der Waals surface area contributed by atoms with Crippen molar-refractivity contribution in [1.82, 2.24) is 14.8 Å². The summed E-state index contributed by atoms with van der Waals surface area (Å²) in [6.07, 6.45) is 2.53. The Bertz CT molecular complexity index is 814. The lowest BCUT2D eigenvalue weighted by atomic mass is 10.1. The Balaban J connectivity index is 1.34. The highest BCUT2D eigenvalue weighted by Gasteiger charge is 2.25. The second kappa shape index (κ2) is 7.90. The molecule has 0 radical (unpaired) electrons. The minimum atomic E-state index is -0.811. The molecule has 0 spiro atoms. The van der Waals surface area contributed by atoms with Crippen LogP contribution in [0.1, 0.15) is 28.9 Å². The fourth-order valence-electron chi connectivity index (χ4n) is 3.62. The molecule has 0 bridgehead atoms. The van der Waals surface area contributed by atoms with E-state index in [1.54, 1.807) is 16.2 Å². The Labute approximate surface area is 161 Å². The smallest absolute Gasteiger partial charge is 0.256 e. The lowest BCUT2D eigenvalue weighted by Gasteiger charge is -2.34. The number of piperazine rings is 1. The fraction of sp³-hybridized carbons (Fsp3) is 0.474.